The Balaban J connectivity index is -0.0000000793. The van der Waals surface area contributed by atoms with Gasteiger partial charge >= 0.3 is 0 Å². The number of aliphatic hydroxyl groups excluding tert-OH is 3. The summed E-state index contributed by atoms with van der Waals surface area (Å²) in [5.41, 5.74) is 0. The average Bonchev–Trinajstić information content (AvgIpc) is 2.43. The molecule has 6 heteroatoms. The quantitative estimate of drug-likeness (QED) is 0.631. The van der Waals surface area contributed by atoms with Gasteiger partial charge in [-0.15, -0.1) is 6.42 Å². The highest BCUT2D eigenvalue weighted by atomic mass is 79.9. The molecule has 0 unspecified atom stereocenters. The van der Waals surface area contributed by atoms with Crippen molar-refractivity contribution in [2.75, 3.05) is 33.0 Å². The molecule has 0 rings (SSSR count). The zero-order valence-electron chi connectivity index (χ0n) is 11.3. The molecule has 0 aromatic rings. The Morgan fingerprint density at radius 2 is 1.63 bits per heavy atom. The summed E-state index contributed by atoms with van der Waals surface area (Å²) in [5.74, 6) is 4.32. The highest BCUT2D eigenvalue weighted by Crippen LogP contribution is 1.77. The van der Waals surface area contributed by atoms with Crippen LogP contribution in [0.2, 0.25) is 0 Å². The number of ether oxygens (including phenoxy) is 1. The zero-order valence-corrected chi connectivity index (χ0v) is 14.4. The van der Waals surface area contributed by atoms with E-state index in [1.54, 1.807) is 11.1 Å². The second-order valence-corrected chi connectivity index (χ2v) is 3.04. The molecule has 0 aromatic heterocycles. The van der Waals surface area contributed by atoms with Crippen molar-refractivity contribution in [3.63, 3.8) is 0 Å². The van der Waals surface area contributed by atoms with Crippen molar-refractivity contribution in [1.82, 2.24) is 0 Å². The predicted octanol–water partition coefficient (Wildman–Crippen LogP) is 1.88. The van der Waals surface area contributed by atoms with E-state index in [-0.39, 0.29) is 19.8 Å². The molecule has 19 heavy (non-hydrogen) atoms. The van der Waals surface area contributed by atoms with E-state index in [0.717, 1.165) is 13.2 Å². The van der Waals surface area contributed by atoms with Crippen molar-refractivity contribution in [2.24, 2.45) is 0 Å². The van der Waals surface area contributed by atoms with Gasteiger partial charge in [0.05, 0.1) is 6.61 Å². The first-order valence-corrected chi connectivity index (χ1v) is 7.04. The summed E-state index contributed by atoms with van der Waals surface area (Å²) in [4.78, 5) is 3.95. The molecule has 0 saturated heterocycles. The Hall–Kier alpha value is -0.340. The van der Waals surface area contributed by atoms with Crippen LogP contribution in [-0.4, -0.2) is 48.4 Å². The molecule has 0 bridgehead atoms. The standard InChI is InChI=1S/C4H10O.C3H5BrO.C3H3BrO.C3H4O/c1-3-5-4-2;2*4-2-1-3-5;1-2-3-4/h3-4H2,1-2H3;1-2,5H,3H2;5H,3H2;1,4H,3H2/b;2-1+;;. The lowest BCUT2D eigenvalue weighted by molar-refractivity contribution is 0.162. The molecule has 0 aliphatic rings. The van der Waals surface area contributed by atoms with Crippen LogP contribution >= 0.6 is 31.9 Å². The molecule has 0 fully saturated rings. The molecule has 0 aromatic carbocycles. The van der Waals surface area contributed by atoms with Gasteiger partial charge in [0, 0.05) is 29.1 Å². The Kier molecular flexibility index (Phi) is 61.5. The van der Waals surface area contributed by atoms with Crippen molar-refractivity contribution in [2.45, 2.75) is 13.8 Å². The number of aliphatic hydroxyl groups is 3. The summed E-state index contributed by atoms with van der Waals surface area (Å²) < 4.78 is 4.83. The summed E-state index contributed by atoms with van der Waals surface area (Å²) >= 11 is 5.76. The highest BCUT2D eigenvalue weighted by Gasteiger charge is 1.64. The molecular formula is C13H22Br2O4. The van der Waals surface area contributed by atoms with Crippen LogP contribution < -0.4 is 0 Å². The summed E-state index contributed by atoms with van der Waals surface area (Å²) in [6.45, 7) is 5.57. The third-order valence-electron chi connectivity index (χ3n) is 0.840. The van der Waals surface area contributed by atoms with Crippen molar-refractivity contribution in [3.8, 4) is 23.1 Å². The maximum absolute atomic E-state index is 7.95. The molecule has 0 amide bonds. The highest BCUT2D eigenvalue weighted by molar-refractivity contribution is 9.12. The smallest absolute Gasteiger partial charge is 0.105 e. The fourth-order valence-corrected chi connectivity index (χ4v) is 0.566. The Bertz CT molecular complexity index is 237. The van der Waals surface area contributed by atoms with Gasteiger partial charge in [0.25, 0.3) is 0 Å². The first-order valence-electron chi connectivity index (χ1n) is 5.33. The summed E-state index contributed by atoms with van der Waals surface area (Å²) in [5, 5.41) is 23.5. The molecule has 3 N–H and O–H groups in total. The average molecular weight is 402 g/mol. The van der Waals surface area contributed by atoms with Gasteiger partial charge in [0.1, 0.15) is 13.2 Å². The van der Waals surface area contributed by atoms with E-state index in [4.69, 9.17) is 20.1 Å². The molecule has 4 nitrogen and oxygen atoms in total. The van der Waals surface area contributed by atoms with E-state index in [1.165, 1.54) is 0 Å². The van der Waals surface area contributed by atoms with Gasteiger partial charge < -0.3 is 20.1 Å². The maximum atomic E-state index is 7.95. The third-order valence-corrected chi connectivity index (χ3v) is 1.49. The van der Waals surface area contributed by atoms with Gasteiger partial charge in [-0.2, -0.15) is 0 Å². The summed E-state index contributed by atoms with van der Waals surface area (Å²) in [6.07, 6.45) is 6.12. The zero-order chi connectivity index (χ0) is 15.8. The molecule has 0 radical (unpaired) electrons. The van der Waals surface area contributed by atoms with Crippen LogP contribution in [0.3, 0.4) is 0 Å². The fourth-order valence-electron chi connectivity index (χ4n) is 0.274. The lowest BCUT2D eigenvalue weighted by Gasteiger charge is -1.86. The van der Waals surface area contributed by atoms with Crippen LogP contribution in [0.5, 0.6) is 0 Å². The minimum absolute atomic E-state index is 0.0642. The second-order valence-electron chi connectivity index (χ2n) is 2.12. The topological polar surface area (TPSA) is 69.9 Å². The molecule has 0 atom stereocenters. The van der Waals surface area contributed by atoms with Gasteiger partial charge in [-0.25, -0.2) is 0 Å². The molecule has 112 valence electrons. The Labute approximate surface area is 133 Å². The van der Waals surface area contributed by atoms with E-state index >= 15 is 0 Å². The van der Waals surface area contributed by atoms with Crippen LogP contribution in [0, 0.1) is 23.1 Å². The van der Waals surface area contributed by atoms with Crippen molar-refractivity contribution in [3.05, 3.63) is 11.1 Å². The van der Waals surface area contributed by atoms with E-state index in [0.29, 0.717) is 0 Å². The van der Waals surface area contributed by atoms with Gasteiger partial charge in [-0.1, -0.05) is 33.8 Å². The number of hydrogen-bond donors (Lipinski definition) is 3. The monoisotopic (exact) mass is 400 g/mol. The molecule has 0 spiro atoms. The predicted molar refractivity (Wildman–Crippen MR) is 87.0 cm³/mol. The van der Waals surface area contributed by atoms with E-state index < -0.39 is 0 Å². The van der Waals surface area contributed by atoms with Crippen LogP contribution in [0.4, 0.5) is 0 Å². The SMILES string of the molecule is C#CCO.CCOCC.OC/C=C/Br.OCC#CBr. The second kappa shape index (κ2) is 43.1. The lowest BCUT2D eigenvalue weighted by Crippen LogP contribution is -1.84. The van der Waals surface area contributed by atoms with E-state index in [2.05, 4.69) is 49.0 Å². The first kappa shape index (κ1) is 27.1. The van der Waals surface area contributed by atoms with Gasteiger partial charge in [-0.05, 0) is 23.7 Å². The first-order chi connectivity index (χ1) is 9.16. The van der Waals surface area contributed by atoms with Crippen LogP contribution in [0.15, 0.2) is 11.1 Å². The number of halogens is 2. The third kappa shape index (κ3) is 97.6. The molecule has 0 aliphatic heterocycles. The number of rotatable bonds is 3. The van der Waals surface area contributed by atoms with Crippen molar-refractivity contribution >= 4 is 31.9 Å². The Morgan fingerprint density at radius 3 is 1.63 bits per heavy atom. The number of terminal acetylenes is 1. The fraction of sp³-hybridized carbons (Fsp3) is 0.538. The van der Waals surface area contributed by atoms with Crippen molar-refractivity contribution < 1.29 is 20.1 Å². The number of hydrogen-bond acceptors (Lipinski definition) is 4. The summed E-state index contributed by atoms with van der Waals surface area (Å²) in [7, 11) is 0. The minimum atomic E-state index is -0.153. The minimum Gasteiger partial charge on any atom is -0.392 e. The normalized spacial score (nSPS) is 7.26. The van der Waals surface area contributed by atoms with Crippen LogP contribution in [-0.2, 0) is 4.74 Å². The van der Waals surface area contributed by atoms with Gasteiger partial charge in [0.2, 0.25) is 0 Å². The van der Waals surface area contributed by atoms with E-state index in [9.17, 15) is 0 Å². The largest absolute Gasteiger partial charge is 0.392 e. The van der Waals surface area contributed by atoms with Crippen LogP contribution in [0.25, 0.3) is 0 Å². The molecule has 0 heterocycles. The van der Waals surface area contributed by atoms with E-state index in [1.807, 2.05) is 19.8 Å². The molecule has 0 saturated carbocycles. The maximum Gasteiger partial charge on any atom is 0.105 e. The van der Waals surface area contributed by atoms with Gasteiger partial charge in [0.15, 0.2) is 0 Å². The summed E-state index contributed by atoms with van der Waals surface area (Å²) in [6, 6.07) is 0. The van der Waals surface area contributed by atoms with Gasteiger partial charge in [-0.3, -0.25) is 0 Å². The molecule has 0 aliphatic carbocycles. The Morgan fingerprint density at radius 1 is 1.16 bits per heavy atom. The van der Waals surface area contributed by atoms with Crippen LogP contribution in [0.1, 0.15) is 13.8 Å². The lowest BCUT2D eigenvalue weighted by atomic mass is 10.7. The van der Waals surface area contributed by atoms with Crippen molar-refractivity contribution in [1.29, 1.82) is 0 Å². The molecular weight excluding hydrogens is 380 g/mol.